The average molecular weight is 198 g/mol. The van der Waals surface area contributed by atoms with E-state index >= 15 is 0 Å². The number of hydrogen-bond donors (Lipinski definition) is 1. The number of hydrogen-bond acceptors (Lipinski definition) is 2. The highest BCUT2D eigenvalue weighted by Crippen LogP contribution is 1.96. The van der Waals surface area contributed by atoms with Gasteiger partial charge in [-0.15, -0.1) is 0 Å². The van der Waals surface area contributed by atoms with Crippen molar-refractivity contribution in [3.63, 3.8) is 0 Å². The molecule has 0 bridgehead atoms. The van der Waals surface area contributed by atoms with Crippen LogP contribution < -0.4 is 5.73 Å². The second-order valence-corrected chi connectivity index (χ2v) is 3.69. The van der Waals surface area contributed by atoms with E-state index in [1.807, 2.05) is 33.0 Å². The van der Waals surface area contributed by atoms with E-state index in [0.29, 0.717) is 0 Å². The Hall–Kier alpha value is -1.03. The van der Waals surface area contributed by atoms with Crippen LogP contribution in [0, 0.1) is 0 Å². The quantitative estimate of drug-likeness (QED) is 0.534. The molecule has 0 heterocycles. The second kappa shape index (κ2) is 6.43. The van der Waals surface area contributed by atoms with Crippen LogP contribution in [0.4, 0.5) is 0 Å². The van der Waals surface area contributed by atoms with E-state index < -0.39 is 0 Å². The van der Waals surface area contributed by atoms with Gasteiger partial charge in [0.2, 0.25) is 0 Å². The molecule has 0 fully saturated rings. The van der Waals surface area contributed by atoms with E-state index in [1.54, 1.807) is 6.20 Å². The van der Waals surface area contributed by atoms with Crippen molar-refractivity contribution in [2.75, 3.05) is 27.7 Å². The summed E-state index contributed by atoms with van der Waals surface area (Å²) >= 11 is 0. The summed E-state index contributed by atoms with van der Waals surface area (Å²) in [6, 6.07) is 0.226. The summed E-state index contributed by atoms with van der Waals surface area (Å²) in [6.07, 6.45) is 2.51. The lowest BCUT2D eigenvalue weighted by molar-refractivity contribution is 0.405. The van der Waals surface area contributed by atoms with Crippen molar-refractivity contribution in [1.82, 2.24) is 9.80 Å². The maximum Gasteiger partial charge on any atom is 0.200 e. The summed E-state index contributed by atoms with van der Waals surface area (Å²) in [4.78, 5) is 8.23. The first-order valence-corrected chi connectivity index (χ1v) is 4.81. The Morgan fingerprint density at radius 1 is 1.50 bits per heavy atom. The fraction of sp³-hybridized carbons (Fsp3) is 0.700. The van der Waals surface area contributed by atoms with Gasteiger partial charge >= 0.3 is 0 Å². The van der Waals surface area contributed by atoms with E-state index in [-0.39, 0.29) is 6.04 Å². The van der Waals surface area contributed by atoms with E-state index in [0.717, 1.165) is 18.9 Å². The molecular formula is C10H22N4. The van der Waals surface area contributed by atoms with Gasteiger partial charge in [-0.05, 0) is 13.3 Å². The molecule has 1 unspecified atom stereocenters. The van der Waals surface area contributed by atoms with Crippen molar-refractivity contribution in [3.05, 3.63) is 12.8 Å². The van der Waals surface area contributed by atoms with Crippen molar-refractivity contribution in [3.8, 4) is 0 Å². The number of guanidine groups is 1. The predicted octanol–water partition coefficient (Wildman–Crippen LogP) is 0.717. The zero-order valence-electron chi connectivity index (χ0n) is 9.70. The van der Waals surface area contributed by atoms with Crippen LogP contribution >= 0.6 is 0 Å². The van der Waals surface area contributed by atoms with E-state index in [4.69, 9.17) is 5.73 Å². The SMILES string of the molecule is C=CN=C(N(C)C)N(C)CCC(C)N. The summed E-state index contributed by atoms with van der Waals surface area (Å²) in [5.74, 6) is 0.903. The van der Waals surface area contributed by atoms with E-state index in [9.17, 15) is 0 Å². The Morgan fingerprint density at radius 3 is 2.43 bits per heavy atom. The largest absolute Gasteiger partial charge is 0.349 e. The van der Waals surface area contributed by atoms with Crippen LogP contribution in [0.2, 0.25) is 0 Å². The minimum Gasteiger partial charge on any atom is -0.349 e. The molecular weight excluding hydrogens is 176 g/mol. The topological polar surface area (TPSA) is 44.9 Å². The zero-order valence-corrected chi connectivity index (χ0v) is 9.70. The molecule has 2 N–H and O–H groups in total. The van der Waals surface area contributed by atoms with Crippen LogP contribution in [0.25, 0.3) is 0 Å². The van der Waals surface area contributed by atoms with Crippen LogP contribution in [-0.2, 0) is 0 Å². The van der Waals surface area contributed by atoms with Crippen molar-refractivity contribution in [2.24, 2.45) is 10.7 Å². The Bertz CT molecular complexity index is 196. The van der Waals surface area contributed by atoms with Crippen molar-refractivity contribution in [2.45, 2.75) is 19.4 Å². The van der Waals surface area contributed by atoms with Gasteiger partial charge in [-0.3, -0.25) is 0 Å². The molecule has 0 aliphatic rings. The van der Waals surface area contributed by atoms with Gasteiger partial charge in [-0.25, -0.2) is 4.99 Å². The minimum absolute atomic E-state index is 0.226. The third-order valence-corrected chi connectivity index (χ3v) is 1.87. The molecule has 4 nitrogen and oxygen atoms in total. The summed E-state index contributed by atoms with van der Waals surface area (Å²) < 4.78 is 0. The molecule has 0 aromatic rings. The lowest BCUT2D eigenvalue weighted by Crippen LogP contribution is -2.39. The molecule has 4 heteroatoms. The van der Waals surface area contributed by atoms with Crippen LogP contribution in [0.15, 0.2) is 17.8 Å². The minimum atomic E-state index is 0.226. The Kier molecular flexibility index (Phi) is 5.95. The molecule has 0 spiro atoms. The number of aliphatic imine (C=N–C) groups is 1. The number of nitrogens with two attached hydrogens (primary N) is 1. The van der Waals surface area contributed by atoms with Crippen LogP contribution in [0.1, 0.15) is 13.3 Å². The van der Waals surface area contributed by atoms with Gasteiger partial charge < -0.3 is 15.5 Å². The summed E-state index contributed by atoms with van der Waals surface area (Å²) in [5.41, 5.74) is 5.69. The molecule has 0 saturated carbocycles. The maximum atomic E-state index is 5.69. The molecule has 82 valence electrons. The maximum absolute atomic E-state index is 5.69. The van der Waals surface area contributed by atoms with E-state index in [2.05, 4.69) is 16.5 Å². The first-order chi connectivity index (χ1) is 6.49. The highest BCUT2D eigenvalue weighted by molar-refractivity contribution is 5.79. The van der Waals surface area contributed by atoms with Crippen molar-refractivity contribution >= 4 is 5.96 Å². The van der Waals surface area contributed by atoms with E-state index in [1.165, 1.54) is 0 Å². The van der Waals surface area contributed by atoms with Crippen LogP contribution in [0.3, 0.4) is 0 Å². The molecule has 1 atom stereocenters. The molecule has 0 amide bonds. The fourth-order valence-electron chi connectivity index (χ4n) is 1.13. The first kappa shape index (κ1) is 13.0. The third-order valence-electron chi connectivity index (χ3n) is 1.87. The van der Waals surface area contributed by atoms with Gasteiger partial charge in [0.25, 0.3) is 0 Å². The Labute approximate surface area is 87.1 Å². The standard InChI is InChI=1S/C10H22N4/c1-6-12-10(13(3)4)14(5)8-7-9(2)11/h6,9H,1,7-8,11H2,2-5H3. The molecule has 0 rings (SSSR count). The van der Waals surface area contributed by atoms with Crippen LogP contribution in [-0.4, -0.2) is 49.5 Å². The molecule has 14 heavy (non-hydrogen) atoms. The molecule has 0 aromatic carbocycles. The molecule has 0 aromatic heterocycles. The van der Waals surface area contributed by atoms with Gasteiger partial charge in [0.1, 0.15) is 0 Å². The van der Waals surface area contributed by atoms with Crippen molar-refractivity contribution in [1.29, 1.82) is 0 Å². The van der Waals surface area contributed by atoms with Crippen LogP contribution in [0.5, 0.6) is 0 Å². The average Bonchev–Trinajstić information content (AvgIpc) is 2.09. The molecule has 0 saturated heterocycles. The third kappa shape index (κ3) is 4.87. The van der Waals surface area contributed by atoms with Gasteiger partial charge in [-0.1, -0.05) is 6.58 Å². The molecule has 0 aliphatic carbocycles. The second-order valence-electron chi connectivity index (χ2n) is 3.69. The smallest absolute Gasteiger partial charge is 0.200 e. The lowest BCUT2D eigenvalue weighted by Gasteiger charge is -2.26. The highest BCUT2D eigenvalue weighted by atomic mass is 15.3. The Morgan fingerprint density at radius 2 is 2.07 bits per heavy atom. The van der Waals surface area contributed by atoms with Crippen molar-refractivity contribution < 1.29 is 0 Å². The van der Waals surface area contributed by atoms with Gasteiger partial charge in [0.05, 0.1) is 0 Å². The number of rotatable bonds is 4. The summed E-state index contributed by atoms with van der Waals surface area (Å²) in [6.45, 7) is 6.51. The predicted molar refractivity (Wildman–Crippen MR) is 62.2 cm³/mol. The Balaban J connectivity index is 4.23. The first-order valence-electron chi connectivity index (χ1n) is 4.81. The molecule has 0 aliphatic heterocycles. The summed E-state index contributed by atoms with van der Waals surface area (Å²) in [5, 5.41) is 0. The zero-order chi connectivity index (χ0) is 11.1. The van der Waals surface area contributed by atoms with Gasteiger partial charge in [0.15, 0.2) is 5.96 Å². The molecule has 0 radical (unpaired) electrons. The lowest BCUT2D eigenvalue weighted by atomic mass is 10.2. The van der Waals surface area contributed by atoms with Gasteiger partial charge in [-0.2, -0.15) is 0 Å². The number of nitrogens with zero attached hydrogens (tertiary/aromatic N) is 3. The summed E-state index contributed by atoms with van der Waals surface area (Å²) in [7, 11) is 5.93. The highest BCUT2D eigenvalue weighted by Gasteiger charge is 2.08. The fourth-order valence-corrected chi connectivity index (χ4v) is 1.13. The normalized spacial score (nSPS) is 13.6. The monoisotopic (exact) mass is 198 g/mol. The van der Waals surface area contributed by atoms with Gasteiger partial charge in [0, 0.05) is 39.9 Å².